The van der Waals surface area contributed by atoms with Crippen LogP contribution in [-0.4, -0.2) is 19.5 Å². The van der Waals surface area contributed by atoms with Crippen molar-refractivity contribution in [2.24, 2.45) is 0 Å². The van der Waals surface area contributed by atoms with Gasteiger partial charge in [0.2, 0.25) is 0 Å². The lowest BCUT2D eigenvalue weighted by molar-refractivity contribution is -0.885. The zero-order valence-corrected chi connectivity index (χ0v) is 17.4. The van der Waals surface area contributed by atoms with Crippen molar-refractivity contribution < 1.29 is 14.1 Å². The van der Waals surface area contributed by atoms with E-state index in [1.165, 1.54) is 6.07 Å². The Labute approximate surface area is 172 Å². The second-order valence-electron chi connectivity index (χ2n) is 6.96. The molecule has 0 bridgehead atoms. The number of benzene rings is 2. The van der Waals surface area contributed by atoms with Crippen molar-refractivity contribution in [3.8, 4) is 0 Å². The molecular formula is C21H21Cl2N2O3+. The van der Waals surface area contributed by atoms with Gasteiger partial charge in [0.05, 0.1) is 17.1 Å². The highest BCUT2D eigenvalue weighted by molar-refractivity contribution is 6.42. The Kier molecular flexibility index (Phi) is 6.08. The van der Waals surface area contributed by atoms with Crippen LogP contribution in [0.5, 0.6) is 0 Å². The largest absolute Gasteiger partial charge is 0.422 e. The fourth-order valence-electron chi connectivity index (χ4n) is 3.11. The van der Waals surface area contributed by atoms with E-state index in [1.807, 2.05) is 33.0 Å². The molecule has 7 heteroatoms. The monoisotopic (exact) mass is 419 g/mol. The summed E-state index contributed by atoms with van der Waals surface area (Å²) < 4.78 is 5.41. The number of nitrogens with one attached hydrogen (secondary N) is 2. The number of hydrogen-bond donors (Lipinski definition) is 2. The molecule has 0 saturated carbocycles. The molecule has 2 N–H and O–H groups in total. The summed E-state index contributed by atoms with van der Waals surface area (Å²) >= 11 is 11.9. The number of fused-ring (bicyclic) bond motifs is 1. The Balaban J connectivity index is 1.75. The van der Waals surface area contributed by atoms with Crippen LogP contribution in [0, 0.1) is 13.8 Å². The van der Waals surface area contributed by atoms with Crippen molar-refractivity contribution in [1.29, 1.82) is 0 Å². The average molecular weight is 420 g/mol. The van der Waals surface area contributed by atoms with Crippen molar-refractivity contribution >= 4 is 45.8 Å². The summed E-state index contributed by atoms with van der Waals surface area (Å²) in [4.78, 5) is 25.3. The maximum Gasteiger partial charge on any atom is 0.336 e. The fourth-order valence-corrected chi connectivity index (χ4v) is 3.41. The fraction of sp³-hybridized carbons (Fsp3) is 0.238. The highest BCUT2D eigenvalue weighted by Crippen LogP contribution is 2.25. The first-order chi connectivity index (χ1) is 13.2. The van der Waals surface area contributed by atoms with E-state index < -0.39 is 0 Å². The molecule has 1 heterocycles. The molecule has 1 amide bonds. The van der Waals surface area contributed by atoms with Crippen LogP contribution in [-0.2, 0) is 11.3 Å². The molecule has 0 saturated heterocycles. The number of aryl methyl sites for hydroxylation is 2. The molecule has 0 radical (unpaired) electrons. The Morgan fingerprint density at radius 3 is 2.57 bits per heavy atom. The van der Waals surface area contributed by atoms with Gasteiger partial charge in [0.15, 0.2) is 6.54 Å². The van der Waals surface area contributed by atoms with E-state index in [-0.39, 0.29) is 18.1 Å². The first-order valence-corrected chi connectivity index (χ1v) is 9.59. The van der Waals surface area contributed by atoms with Gasteiger partial charge in [-0.25, -0.2) is 4.79 Å². The van der Waals surface area contributed by atoms with Crippen LogP contribution in [0.25, 0.3) is 11.0 Å². The third kappa shape index (κ3) is 4.55. The van der Waals surface area contributed by atoms with Gasteiger partial charge in [0.25, 0.3) is 5.91 Å². The smallest absolute Gasteiger partial charge is 0.336 e. The summed E-state index contributed by atoms with van der Waals surface area (Å²) in [7, 11) is 1.90. The zero-order chi connectivity index (χ0) is 20.4. The molecule has 0 aliphatic rings. The molecular weight excluding hydrogens is 399 g/mol. The van der Waals surface area contributed by atoms with Crippen molar-refractivity contribution in [3.05, 3.63) is 73.6 Å². The van der Waals surface area contributed by atoms with Gasteiger partial charge < -0.3 is 14.6 Å². The lowest BCUT2D eigenvalue weighted by Gasteiger charge is -2.15. The Morgan fingerprint density at radius 1 is 1.11 bits per heavy atom. The van der Waals surface area contributed by atoms with Crippen molar-refractivity contribution in [2.45, 2.75) is 20.4 Å². The summed E-state index contributed by atoms with van der Waals surface area (Å²) in [5, 5.41) is 4.52. The minimum Gasteiger partial charge on any atom is -0.422 e. The van der Waals surface area contributed by atoms with Crippen LogP contribution in [0.3, 0.4) is 0 Å². The molecule has 3 rings (SSSR count). The molecule has 0 fully saturated rings. The normalized spacial score (nSPS) is 12.2. The number of amides is 1. The van der Waals surface area contributed by atoms with E-state index >= 15 is 0 Å². The topological polar surface area (TPSA) is 63.8 Å². The Bertz CT molecular complexity index is 1110. The van der Waals surface area contributed by atoms with E-state index in [1.54, 1.807) is 18.2 Å². The van der Waals surface area contributed by atoms with Gasteiger partial charge in [-0.05, 0) is 43.2 Å². The van der Waals surface area contributed by atoms with E-state index in [4.69, 9.17) is 27.6 Å². The Morgan fingerprint density at radius 2 is 1.86 bits per heavy atom. The van der Waals surface area contributed by atoms with Crippen LogP contribution in [0.2, 0.25) is 10.0 Å². The van der Waals surface area contributed by atoms with Gasteiger partial charge in [-0.15, -0.1) is 0 Å². The minimum absolute atomic E-state index is 0.157. The first kappa shape index (κ1) is 20.4. The van der Waals surface area contributed by atoms with Gasteiger partial charge in [-0.3, -0.25) is 4.79 Å². The maximum absolute atomic E-state index is 12.4. The third-order valence-electron chi connectivity index (χ3n) is 4.68. The maximum atomic E-state index is 12.4. The van der Waals surface area contributed by atoms with E-state index in [2.05, 4.69) is 5.32 Å². The van der Waals surface area contributed by atoms with E-state index in [0.717, 1.165) is 27.0 Å². The van der Waals surface area contributed by atoms with Crippen molar-refractivity contribution in [3.63, 3.8) is 0 Å². The second kappa shape index (κ2) is 8.35. The molecule has 5 nitrogen and oxygen atoms in total. The number of carbonyl (C=O) groups excluding carboxylic acids is 1. The molecule has 1 aromatic heterocycles. The predicted molar refractivity (Wildman–Crippen MR) is 113 cm³/mol. The molecule has 0 spiro atoms. The van der Waals surface area contributed by atoms with E-state index in [0.29, 0.717) is 27.9 Å². The number of anilines is 1. The molecule has 1 atom stereocenters. The first-order valence-electron chi connectivity index (χ1n) is 8.83. The van der Waals surface area contributed by atoms with Gasteiger partial charge in [0, 0.05) is 22.7 Å². The molecule has 0 aliphatic heterocycles. The lowest BCUT2D eigenvalue weighted by Crippen LogP contribution is -3.08. The molecule has 1 unspecified atom stereocenters. The second-order valence-corrected chi connectivity index (χ2v) is 7.78. The van der Waals surface area contributed by atoms with E-state index in [9.17, 15) is 9.59 Å². The highest BCUT2D eigenvalue weighted by Gasteiger charge is 2.16. The minimum atomic E-state index is -0.385. The summed E-state index contributed by atoms with van der Waals surface area (Å²) in [6, 6.07) is 10.4. The number of likely N-dealkylation sites (N-methyl/N-ethyl adjacent to an activating group) is 1. The average Bonchev–Trinajstić information content (AvgIpc) is 2.61. The number of halogens is 2. The molecule has 2 aromatic carbocycles. The molecule has 28 heavy (non-hydrogen) atoms. The van der Waals surface area contributed by atoms with Crippen LogP contribution in [0.15, 0.2) is 45.6 Å². The summed E-state index contributed by atoms with van der Waals surface area (Å²) in [6.45, 7) is 4.66. The van der Waals surface area contributed by atoms with Gasteiger partial charge >= 0.3 is 5.63 Å². The number of rotatable bonds is 5. The predicted octanol–water partition coefficient (Wildman–Crippen LogP) is 3.37. The summed E-state index contributed by atoms with van der Waals surface area (Å²) in [6.07, 6.45) is 0. The standard InChI is InChI=1S/C21H20Cl2N2O3/c1-12-4-6-16-14(8-20(27)28-21(16)13(12)2)10-25(3)11-19(26)24-15-5-7-17(22)18(23)9-15/h4-9H,10-11H2,1-3H3,(H,24,26)/p+1. The van der Waals surface area contributed by atoms with Crippen LogP contribution in [0.4, 0.5) is 5.69 Å². The summed E-state index contributed by atoms with van der Waals surface area (Å²) in [5.41, 5.74) is 3.68. The summed E-state index contributed by atoms with van der Waals surface area (Å²) in [5.74, 6) is -0.157. The molecule has 3 aromatic rings. The number of quaternary nitrogens is 1. The van der Waals surface area contributed by atoms with Gasteiger partial charge in [-0.2, -0.15) is 0 Å². The lowest BCUT2D eigenvalue weighted by atomic mass is 10.0. The number of hydrogen-bond acceptors (Lipinski definition) is 3. The molecule has 0 aliphatic carbocycles. The SMILES string of the molecule is Cc1ccc2c(C[NH+](C)CC(=O)Nc3ccc(Cl)c(Cl)c3)cc(=O)oc2c1C. The highest BCUT2D eigenvalue weighted by atomic mass is 35.5. The van der Waals surface area contributed by atoms with Crippen LogP contribution < -0.4 is 15.8 Å². The van der Waals surface area contributed by atoms with Crippen LogP contribution in [0.1, 0.15) is 16.7 Å². The Hall–Kier alpha value is -2.34. The molecule has 146 valence electrons. The zero-order valence-electron chi connectivity index (χ0n) is 15.9. The van der Waals surface area contributed by atoms with Crippen LogP contribution >= 0.6 is 23.2 Å². The number of carbonyl (C=O) groups is 1. The van der Waals surface area contributed by atoms with Gasteiger partial charge in [-0.1, -0.05) is 35.3 Å². The van der Waals surface area contributed by atoms with Crippen molar-refractivity contribution in [1.82, 2.24) is 0 Å². The third-order valence-corrected chi connectivity index (χ3v) is 5.41. The van der Waals surface area contributed by atoms with Crippen molar-refractivity contribution in [2.75, 3.05) is 18.9 Å². The van der Waals surface area contributed by atoms with Gasteiger partial charge in [0.1, 0.15) is 12.1 Å². The quantitative estimate of drug-likeness (QED) is 0.623.